The zero-order valence-electron chi connectivity index (χ0n) is 14.6. The van der Waals surface area contributed by atoms with Gasteiger partial charge < -0.3 is 10.0 Å². The molecule has 0 radical (unpaired) electrons. The van der Waals surface area contributed by atoms with Crippen LogP contribution in [0.25, 0.3) is 0 Å². The predicted octanol–water partition coefficient (Wildman–Crippen LogP) is 3.53. The number of carboxylic acid groups (broad SMARTS) is 1. The van der Waals surface area contributed by atoms with Crippen LogP contribution in [0.3, 0.4) is 0 Å². The highest BCUT2D eigenvalue weighted by atomic mass is 16.4. The molecule has 0 bridgehead atoms. The number of rotatable bonds is 4. The van der Waals surface area contributed by atoms with Gasteiger partial charge in [0.15, 0.2) is 0 Å². The van der Waals surface area contributed by atoms with E-state index < -0.39 is 17.3 Å². The molecule has 1 aliphatic carbocycles. The van der Waals surface area contributed by atoms with Crippen LogP contribution in [0.2, 0.25) is 0 Å². The van der Waals surface area contributed by atoms with E-state index in [1.165, 1.54) is 12.8 Å². The van der Waals surface area contributed by atoms with Crippen molar-refractivity contribution in [3.8, 4) is 0 Å². The number of hydrogen-bond donors (Lipinski definition) is 1. The monoisotopic (exact) mass is 329 g/mol. The van der Waals surface area contributed by atoms with Crippen LogP contribution in [-0.4, -0.2) is 35.0 Å². The molecule has 4 nitrogen and oxygen atoms in total. The van der Waals surface area contributed by atoms with E-state index >= 15 is 0 Å². The Labute approximate surface area is 143 Å². The number of carbonyl (C=O) groups is 2. The Morgan fingerprint density at radius 2 is 1.71 bits per heavy atom. The highest BCUT2D eigenvalue weighted by Gasteiger charge is 2.46. The third-order valence-corrected chi connectivity index (χ3v) is 6.08. The van der Waals surface area contributed by atoms with Crippen LogP contribution < -0.4 is 0 Å². The number of hydrogen-bond acceptors (Lipinski definition) is 2. The lowest BCUT2D eigenvalue weighted by atomic mass is 9.76. The van der Waals surface area contributed by atoms with Crippen molar-refractivity contribution in [2.75, 3.05) is 13.1 Å². The molecular formula is C20H27NO3. The number of benzene rings is 1. The fourth-order valence-electron chi connectivity index (χ4n) is 4.49. The molecule has 0 unspecified atom stereocenters. The summed E-state index contributed by atoms with van der Waals surface area (Å²) in [4.78, 5) is 26.7. The zero-order valence-corrected chi connectivity index (χ0v) is 14.6. The third-order valence-electron chi connectivity index (χ3n) is 6.08. The van der Waals surface area contributed by atoms with Gasteiger partial charge in [-0.05, 0) is 24.3 Å². The van der Waals surface area contributed by atoms with Crippen LogP contribution in [0.4, 0.5) is 0 Å². The van der Waals surface area contributed by atoms with Crippen molar-refractivity contribution in [3.05, 3.63) is 35.9 Å². The van der Waals surface area contributed by atoms with Crippen molar-refractivity contribution in [3.63, 3.8) is 0 Å². The molecule has 1 saturated carbocycles. The van der Waals surface area contributed by atoms with Crippen molar-refractivity contribution in [2.45, 2.75) is 45.4 Å². The number of carboxylic acids is 1. The second-order valence-corrected chi connectivity index (χ2v) is 7.88. The maximum atomic E-state index is 13.1. The van der Waals surface area contributed by atoms with Gasteiger partial charge in [0.05, 0.1) is 5.92 Å². The summed E-state index contributed by atoms with van der Waals surface area (Å²) in [6, 6.07) is 9.73. The van der Waals surface area contributed by atoms with Crippen molar-refractivity contribution in [1.29, 1.82) is 0 Å². The van der Waals surface area contributed by atoms with Gasteiger partial charge in [0.2, 0.25) is 5.91 Å². The van der Waals surface area contributed by atoms with Crippen molar-refractivity contribution in [2.24, 2.45) is 17.3 Å². The SMILES string of the molecule is CC(C)(C(=O)N1C[C@H](C(=O)O)[C@H](c2ccccc2)C1)C1CCCC1. The molecule has 4 heteroatoms. The highest BCUT2D eigenvalue weighted by molar-refractivity contribution is 5.84. The van der Waals surface area contributed by atoms with E-state index in [4.69, 9.17) is 0 Å². The average molecular weight is 329 g/mol. The van der Waals surface area contributed by atoms with E-state index in [1.807, 2.05) is 44.2 Å². The summed E-state index contributed by atoms with van der Waals surface area (Å²) >= 11 is 0. The minimum atomic E-state index is -0.808. The van der Waals surface area contributed by atoms with Gasteiger partial charge in [-0.1, -0.05) is 57.0 Å². The van der Waals surface area contributed by atoms with E-state index in [1.54, 1.807) is 4.90 Å². The Bertz CT molecular complexity index is 605. The van der Waals surface area contributed by atoms with Gasteiger partial charge in [-0.2, -0.15) is 0 Å². The first-order valence-electron chi connectivity index (χ1n) is 8.98. The largest absolute Gasteiger partial charge is 0.481 e. The highest BCUT2D eigenvalue weighted by Crippen LogP contribution is 2.43. The number of likely N-dealkylation sites (tertiary alicyclic amines) is 1. The van der Waals surface area contributed by atoms with Crippen LogP contribution in [0, 0.1) is 17.3 Å². The maximum absolute atomic E-state index is 13.1. The van der Waals surface area contributed by atoms with Crippen molar-refractivity contribution >= 4 is 11.9 Å². The van der Waals surface area contributed by atoms with Gasteiger partial charge in [-0.25, -0.2) is 0 Å². The molecular weight excluding hydrogens is 302 g/mol. The normalized spacial score (nSPS) is 25.2. The fraction of sp³-hybridized carbons (Fsp3) is 0.600. The van der Waals surface area contributed by atoms with E-state index in [-0.39, 0.29) is 11.8 Å². The van der Waals surface area contributed by atoms with Gasteiger partial charge in [0.25, 0.3) is 0 Å². The fourth-order valence-corrected chi connectivity index (χ4v) is 4.49. The smallest absolute Gasteiger partial charge is 0.308 e. The van der Waals surface area contributed by atoms with Crippen LogP contribution in [0.15, 0.2) is 30.3 Å². The minimum absolute atomic E-state index is 0.118. The number of aliphatic carboxylic acids is 1. The predicted molar refractivity (Wildman–Crippen MR) is 92.6 cm³/mol. The quantitative estimate of drug-likeness (QED) is 0.919. The first kappa shape index (κ1) is 17.0. The zero-order chi connectivity index (χ0) is 17.3. The second kappa shape index (κ2) is 6.58. The number of nitrogens with zero attached hydrogens (tertiary/aromatic N) is 1. The Morgan fingerprint density at radius 1 is 1.08 bits per heavy atom. The Balaban J connectivity index is 1.80. The first-order valence-corrected chi connectivity index (χ1v) is 8.98. The van der Waals surface area contributed by atoms with Gasteiger partial charge in [-0.15, -0.1) is 0 Å². The van der Waals surface area contributed by atoms with Crippen LogP contribution >= 0.6 is 0 Å². The molecule has 1 aromatic rings. The first-order chi connectivity index (χ1) is 11.4. The number of carbonyl (C=O) groups excluding carboxylic acids is 1. The van der Waals surface area contributed by atoms with Crippen LogP contribution in [0.5, 0.6) is 0 Å². The summed E-state index contributed by atoms with van der Waals surface area (Å²) in [6.45, 7) is 4.91. The molecule has 24 heavy (non-hydrogen) atoms. The molecule has 1 N–H and O–H groups in total. The molecule has 2 aliphatic rings. The summed E-state index contributed by atoms with van der Waals surface area (Å²) in [5.41, 5.74) is 0.615. The van der Waals surface area contributed by atoms with E-state index in [0.29, 0.717) is 19.0 Å². The van der Waals surface area contributed by atoms with Gasteiger partial charge in [0.1, 0.15) is 0 Å². The van der Waals surface area contributed by atoms with Crippen LogP contribution in [-0.2, 0) is 9.59 Å². The molecule has 0 aromatic heterocycles. The van der Waals surface area contributed by atoms with Crippen molar-refractivity contribution in [1.82, 2.24) is 4.90 Å². The summed E-state index contributed by atoms with van der Waals surface area (Å²) in [5.74, 6) is -0.899. The summed E-state index contributed by atoms with van der Waals surface area (Å²) < 4.78 is 0. The van der Waals surface area contributed by atoms with Gasteiger partial charge in [0, 0.05) is 24.4 Å². The average Bonchev–Trinajstić information content (AvgIpc) is 3.25. The summed E-state index contributed by atoms with van der Waals surface area (Å²) in [7, 11) is 0. The molecule has 1 heterocycles. The molecule has 1 aromatic carbocycles. The Kier molecular flexibility index (Phi) is 4.66. The lowest BCUT2D eigenvalue weighted by Crippen LogP contribution is -2.43. The standard InChI is InChI=1S/C20H27NO3/c1-20(2,15-10-6-7-11-15)19(24)21-12-16(17(13-21)18(22)23)14-8-4-3-5-9-14/h3-5,8-9,15-17H,6-7,10-13H2,1-2H3,(H,22,23)/t16-,17-/m0/s1. The molecule has 130 valence electrons. The van der Waals surface area contributed by atoms with Gasteiger partial charge >= 0.3 is 5.97 Å². The van der Waals surface area contributed by atoms with E-state index in [9.17, 15) is 14.7 Å². The third kappa shape index (κ3) is 3.06. The Hall–Kier alpha value is -1.84. The lowest BCUT2D eigenvalue weighted by Gasteiger charge is -2.34. The minimum Gasteiger partial charge on any atom is -0.481 e. The lowest BCUT2D eigenvalue weighted by molar-refractivity contribution is -0.144. The molecule has 1 aliphatic heterocycles. The van der Waals surface area contributed by atoms with Crippen molar-refractivity contribution < 1.29 is 14.7 Å². The summed E-state index contributed by atoms with van der Waals surface area (Å²) in [6.07, 6.45) is 4.62. The number of amides is 1. The van der Waals surface area contributed by atoms with Gasteiger partial charge in [-0.3, -0.25) is 9.59 Å². The molecule has 0 spiro atoms. The van der Waals surface area contributed by atoms with E-state index in [2.05, 4.69) is 0 Å². The molecule has 1 amide bonds. The van der Waals surface area contributed by atoms with E-state index in [0.717, 1.165) is 18.4 Å². The maximum Gasteiger partial charge on any atom is 0.308 e. The molecule has 1 saturated heterocycles. The summed E-state index contributed by atoms with van der Waals surface area (Å²) in [5, 5.41) is 9.62. The second-order valence-electron chi connectivity index (χ2n) is 7.88. The molecule has 2 atom stereocenters. The molecule has 3 rings (SSSR count). The topological polar surface area (TPSA) is 57.6 Å². The molecule has 2 fully saturated rings. The Morgan fingerprint density at radius 3 is 2.29 bits per heavy atom. The van der Waals surface area contributed by atoms with Crippen LogP contribution in [0.1, 0.15) is 51.0 Å².